The van der Waals surface area contributed by atoms with E-state index >= 15 is 0 Å². The Morgan fingerprint density at radius 2 is 1.91 bits per heavy atom. The third-order valence-electron chi connectivity index (χ3n) is 4.73. The molecule has 2 rings (SSSR count). The lowest BCUT2D eigenvalue weighted by Crippen LogP contribution is -2.40. The number of alkyl halides is 3. The lowest BCUT2D eigenvalue weighted by molar-refractivity contribution is -0.205. The number of aromatic nitrogens is 2. The molecular weight excluding hydrogens is 460 g/mol. The normalized spacial score (nSPS) is 24.9. The zero-order valence-electron chi connectivity index (χ0n) is 17.5. The summed E-state index contributed by atoms with van der Waals surface area (Å²) < 4.78 is 48.0. The van der Waals surface area contributed by atoms with Gasteiger partial charge in [-0.2, -0.15) is 13.2 Å². The molecule has 3 unspecified atom stereocenters. The molecule has 5 atom stereocenters. The quantitative estimate of drug-likeness (QED) is 0.362. The number of aliphatic hydroxyl groups excluding tert-OH is 2. The second kappa shape index (κ2) is 9.34. The molecule has 1 aromatic rings. The smallest absolute Gasteiger partial charge is 0.442 e. The number of hydrogen-bond acceptors (Lipinski definition) is 8. The molecule has 0 amide bonds. The zero-order valence-corrected chi connectivity index (χ0v) is 18.4. The second-order valence-electron chi connectivity index (χ2n) is 8.14. The molecule has 0 spiro atoms. The summed E-state index contributed by atoms with van der Waals surface area (Å²) in [5.41, 5.74) is -3.17. The van der Waals surface area contributed by atoms with Crippen LogP contribution in [0.25, 0.3) is 0 Å². The standard InChI is InChI=1S/C18H24F3N2O8P/c1-8(24)13(31-16(28)18(19,20)21)9-7-23(17(29)22-14(9)27)15-12(26)11(25)10(30-15)5-6-32(2,3)4/h7,10-13,15,25-26H,2,5-6H2,1,3-4H3,(H,22,27,29)/t10?,11-,12-,13?,15?/m1/s1. The fourth-order valence-electron chi connectivity index (χ4n) is 3.09. The number of H-pyrrole nitrogens is 1. The first-order valence-corrected chi connectivity index (χ1v) is 12.4. The van der Waals surface area contributed by atoms with Gasteiger partial charge in [-0.3, -0.25) is 19.1 Å². The summed E-state index contributed by atoms with van der Waals surface area (Å²) in [5, 5.41) is 20.6. The summed E-state index contributed by atoms with van der Waals surface area (Å²) in [6.45, 7) is 3.19. The minimum atomic E-state index is -5.43. The van der Waals surface area contributed by atoms with Crippen LogP contribution in [-0.2, 0) is 19.1 Å². The van der Waals surface area contributed by atoms with Crippen molar-refractivity contribution in [1.29, 1.82) is 0 Å². The van der Waals surface area contributed by atoms with E-state index in [2.05, 4.69) is 11.0 Å². The van der Waals surface area contributed by atoms with Gasteiger partial charge in [0.15, 0.2) is 18.1 Å². The number of halogens is 3. The molecule has 0 bridgehead atoms. The summed E-state index contributed by atoms with van der Waals surface area (Å²) in [5.74, 6) is -3.83. The van der Waals surface area contributed by atoms with Gasteiger partial charge in [0.05, 0.1) is 11.7 Å². The van der Waals surface area contributed by atoms with Crippen molar-refractivity contribution in [1.82, 2.24) is 9.55 Å². The van der Waals surface area contributed by atoms with Gasteiger partial charge < -0.3 is 19.7 Å². The van der Waals surface area contributed by atoms with Crippen LogP contribution in [0.3, 0.4) is 0 Å². The molecule has 0 aliphatic carbocycles. The van der Waals surface area contributed by atoms with Crippen molar-refractivity contribution in [3.05, 3.63) is 32.6 Å². The Morgan fingerprint density at radius 1 is 1.31 bits per heavy atom. The van der Waals surface area contributed by atoms with Crippen LogP contribution >= 0.6 is 6.89 Å². The number of nitrogens with one attached hydrogen (secondary N) is 1. The zero-order chi connectivity index (χ0) is 24.6. The van der Waals surface area contributed by atoms with Gasteiger partial charge >= 0.3 is 17.8 Å². The largest absolute Gasteiger partial charge is 0.490 e. The lowest BCUT2D eigenvalue weighted by Gasteiger charge is -2.21. The van der Waals surface area contributed by atoms with Gasteiger partial charge in [-0.25, -0.2) is 9.59 Å². The van der Waals surface area contributed by atoms with Crippen LogP contribution in [-0.4, -0.2) is 81.8 Å². The van der Waals surface area contributed by atoms with Crippen LogP contribution in [0, 0.1) is 0 Å². The first kappa shape index (κ1) is 26.0. The van der Waals surface area contributed by atoms with E-state index in [1.165, 1.54) is 0 Å². The van der Waals surface area contributed by atoms with Crippen LogP contribution in [0.4, 0.5) is 13.2 Å². The molecule has 10 nitrogen and oxygen atoms in total. The van der Waals surface area contributed by atoms with Gasteiger partial charge in [-0.05, 0) is 32.8 Å². The van der Waals surface area contributed by atoms with Gasteiger partial charge in [-0.1, -0.05) is 0 Å². The first-order valence-electron chi connectivity index (χ1n) is 9.35. The highest BCUT2D eigenvalue weighted by Crippen LogP contribution is 2.39. The topological polar surface area (TPSA) is 148 Å². The lowest BCUT2D eigenvalue weighted by atomic mass is 10.1. The molecule has 0 radical (unpaired) electrons. The minimum Gasteiger partial charge on any atom is -0.442 e. The van der Waals surface area contributed by atoms with E-state index < -0.39 is 72.3 Å². The van der Waals surface area contributed by atoms with Crippen LogP contribution in [0.1, 0.15) is 31.2 Å². The van der Waals surface area contributed by atoms with Gasteiger partial charge in [0.25, 0.3) is 5.56 Å². The summed E-state index contributed by atoms with van der Waals surface area (Å²) in [6, 6.07) is 0. The monoisotopic (exact) mass is 484 g/mol. The van der Waals surface area contributed by atoms with E-state index in [0.29, 0.717) is 23.3 Å². The van der Waals surface area contributed by atoms with Crippen molar-refractivity contribution >= 4 is 24.9 Å². The number of esters is 1. The summed E-state index contributed by atoms with van der Waals surface area (Å²) >= 11 is 0. The maximum Gasteiger partial charge on any atom is 0.490 e. The minimum absolute atomic E-state index is 0.309. The van der Waals surface area contributed by atoms with Gasteiger partial charge in [0.2, 0.25) is 0 Å². The van der Waals surface area contributed by atoms with Crippen LogP contribution in [0.5, 0.6) is 0 Å². The Hall–Kier alpha value is -2.21. The predicted molar refractivity (Wildman–Crippen MR) is 108 cm³/mol. The molecule has 3 N–H and O–H groups in total. The van der Waals surface area contributed by atoms with Crippen molar-refractivity contribution in [2.75, 3.05) is 19.5 Å². The molecule has 1 aromatic heterocycles. The molecular formula is C18H24F3N2O8P. The third-order valence-corrected chi connectivity index (χ3v) is 6.20. The van der Waals surface area contributed by atoms with E-state index in [4.69, 9.17) is 4.74 Å². The molecule has 1 fully saturated rings. The number of aromatic amines is 1. The Labute approximate surface area is 179 Å². The average molecular weight is 484 g/mol. The highest BCUT2D eigenvalue weighted by atomic mass is 31.2. The van der Waals surface area contributed by atoms with Crippen LogP contribution in [0.2, 0.25) is 0 Å². The summed E-state index contributed by atoms with van der Waals surface area (Å²) in [6.07, 6.45) is -7.53. The fraction of sp³-hybridized carbons (Fsp3) is 0.611. The van der Waals surface area contributed by atoms with Crippen molar-refractivity contribution in [2.24, 2.45) is 0 Å². The molecule has 2 heterocycles. The summed E-state index contributed by atoms with van der Waals surface area (Å²) in [7, 11) is 0. The Balaban J connectivity index is 2.42. The summed E-state index contributed by atoms with van der Waals surface area (Å²) in [4.78, 5) is 49.2. The van der Waals surface area contributed by atoms with Crippen molar-refractivity contribution in [3.8, 4) is 0 Å². The number of carbonyl (C=O) groups excluding carboxylic acids is 2. The van der Waals surface area contributed by atoms with E-state index in [1.54, 1.807) is 4.98 Å². The van der Waals surface area contributed by atoms with Crippen LogP contribution < -0.4 is 11.2 Å². The molecule has 0 saturated carbocycles. The van der Waals surface area contributed by atoms with E-state index in [1.807, 2.05) is 13.3 Å². The molecule has 32 heavy (non-hydrogen) atoms. The Bertz CT molecular complexity index is 1040. The van der Waals surface area contributed by atoms with E-state index in [0.717, 1.165) is 6.92 Å². The van der Waals surface area contributed by atoms with E-state index in [9.17, 15) is 42.6 Å². The van der Waals surface area contributed by atoms with E-state index in [-0.39, 0.29) is 0 Å². The Morgan fingerprint density at radius 3 is 2.41 bits per heavy atom. The molecule has 1 aliphatic rings. The number of carbonyl (C=O) groups is 2. The maximum atomic E-state index is 12.6. The number of ketones is 1. The van der Waals surface area contributed by atoms with Gasteiger partial charge in [-0.15, -0.1) is 13.2 Å². The molecule has 1 aliphatic heterocycles. The third kappa shape index (κ3) is 5.97. The van der Waals surface area contributed by atoms with Crippen molar-refractivity contribution in [2.45, 2.75) is 50.2 Å². The number of Topliss-reactive ketones (excluding diaryl/α,β-unsaturated/α-hetero) is 1. The van der Waals surface area contributed by atoms with Crippen molar-refractivity contribution in [3.63, 3.8) is 0 Å². The maximum absolute atomic E-state index is 12.6. The highest BCUT2D eigenvalue weighted by molar-refractivity contribution is 7.72. The number of nitrogens with zero attached hydrogens (tertiary/aromatic N) is 1. The number of aliphatic hydroxyl groups is 2. The second-order valence-corrected chi connectivity index (χ2v) is 12.5. The average Bonchev–Trinajstić information content (AvgIpc) is 2.91. The van der Waals surface area contributed by atoms with Gasteiger partial charge in [0.1, 0.15) is 12.2 Å². The highest BCUT2D eigenvalue weighted by Gasteiger charge is 2.46. The molecule has 0 aromatic carbocycles. The van der Waals surface area contributed by atoms with Gasteiger partial charge in [0, 0.05) is 6.20 Å². The number of ether oxygens (including phenoxy) is 2. The molecule has 14 heteroatoms. The number of hydrogen-bond donors (Lipinski definition) is 3. The van der Waals surface area contributed by atoms with Crippen molar-refractivity contribution < 1.29 is 42.4 Å². The number of rotatable bonds is 7. The fourth-order valence-corrected chi connectivity index (χ4v) is 4.04. The molecule has 180 valence electrons. The first-order chi connectivity index (χ1) is 14.5. The molecule has 1 saturated heterocycles. The Kier molecular flexibility index (Phi) is 7.60. The SMILES string of the molecule is C=P(C)(C)CCC1OC(n2cc(C(OC(=O)C(F)(F)F)C(C)=O)c(=O)[nH]c2=O)[C@H](O)[C@@H]1O. The predicted octanol–water partition coefficient (Wildman–Crippen LogP) is -0.00930. The van der Waals surface area contributed by atoms with Crippen LogP contribution in [0.15, 0.2) is 15.8 Å².